The van der Waals surface area contributed by atoms with Gasteiger partial charge < -0.3 is 15.5 Å². The average Bonchev–Trinajstić information content (AvgIpc) is 2.47. The quantitative estimate of drug-likeness (QED) is 0.561. The maximum Gasteiger partial charge on any atom is 1.00 e. The zero-order chi connectivity index (χ0) is 16.1. The molecule has 0 heterocycles. The van der Waals surface area contributed by atoms with Crippen LogP contribution in [0.25, 0.3) is 0 Å². The van der Waals surface area contributed by atoms with Crippen LogP contribution in [0.3, 0.4) is 0 Å². The number of amides is 1. The number of benzene rings is 2. The smallest absolute Gasteiger partial charge is 0.507 e. The molecule has 0 fully saturated rings. The number of rotatable bonds is 4. The SMILES string of the molecule is CC(=O)Nc1ccc(N=Nc2ccc(O)c(C(=O)O)c2)cc1.[Na+]. The van der Waals surface area contributed by atoms with Gasteiger partial charge in [0.25, 0.3) is 0 Å². The van der Waals surface area contributed by atoms with Crippen molar-refractivity contribution in [3.05, 3.63) is 48.0 Å². The van der Waals surface area contributed by atoms with Crippen LogP contribution in [0.5, 0.6) is 5.75 Å². The minimum absolute atomic E-state index is 0. The van der Waals surface area contributed by atoms with E-state index >= 15 is 0 Å². The van der Waals surface area contributed by atoms with Gasteiger partial charge in [-0.1, -0.05) is 0 Å². The van der Waals surface area contributed by atoms with E-state index in [4.69, 9.17) is 5.11 Å². The van der Waals surface area contributed by atoms with Gasteiger partial charge in [0, 0.05) is 12.6 Å². The van der Waals surface area contributed by atoms with E-state index in [1.807, 2.05) is 0 Å². The largest absolute Gasteiger partial charge is 1.00 e. The fourth-order valence-corrected chi connectivity index (χ4v) is 1.69. The van der Waals surface area contributed by atoms with Crippen LogP contribution >= 0.6 is 0 Å². The predicted molar refractivity (Wildman–Crippen MR) is 80.0 cm³/mol. The van der Waals surface area contributed by atoms with E-state index in [9.17, 15) is 14.7 Å². The molecule has 0 saturated carbocycles. The van der Waals surface area contributed by atoms with Crippen molar-refractivity contribution in [1.29, 1.82) is 0 Å². The Morgan fingerprint density at radius 1 is 1.00 bits per heavy atom. The van der Waals surface area contributed by atoms with Crippen LogP contribution < -0.4 is 34.9 Å². The molecule has 0 unspecified atom stereocenters. The third-order valence-electron chi connectivity index (χ3n) is 2.68. The first-order valence-electron chi connectivity index (χ1n) is 6.31. The summed E-state index contributed by atoms with van der Waals surface area (Å²) >= 11 is 0. The molecule has 0 bridgehead atoms. The van der Waals surface area contributed by atoms with Gasteiger partial charge in [-0.15, -0.1) is 0 Å². The van der Waals surface area contributed by atoms with E-state index in [2.05, 4.69) is 15.5 Å². The molecular weight excluding hydrogens is 309 g/mol. The number of aromatic hydroxyl groups is 1. The summed E-state index contributed by atoms with van der Waals surface area (Å²) in [6, 6.07) is 10.6. The van der Waals surface area contributed by atoms with Crippen molar-refractivity contribution >= 4 is 28.9 Å². The summed E-state index contributed by atoms with van der Waals surface area (Å²) in [5.41, 5.74) is 1.25. The van der Waals surface area contributed by atoms with E-state index < -0.39 is 5.97 Å². The van der Waals surface area contributed by atoms with Gasteiger partial charge in [-0.25, -0.2) is 4.79 Å². The number of carbonyl (C=O) groups excluding carboxylic acids is 1. The Labute approximate surface area is 154 Å². The molecule has 0 aromatic heterocycles. The van der Waals surface area contributed by atoms with Crippen molar-refractivity contribution in [2.45, 2.75) is 6.92 Å². The first-order valence-corrected chi connectivity index (χ1v) is 6.31. The molecule has 2 rings (SSSR count). The van der Waals surface area contributed by atoms with Crippen LogP contribution in [-0.4, -0.2) is 22.1 Å². The number of carboxylic acids is 1. The van der Waals surface area contributed by atoms with Crippen LogP contribution in [0.4, 0.5) is 17.1 Å². The molecule has 2 aromatic carbocycles. The summed E-state index contributed by atoms with van der Waals surface area (Å²) in [6.07, 6.45) is 0. The number of anilines is 1. The normalized spacial score (nSPS) is 10.1. The zero-order valence-corrected chi connectivity index (χ0v) is 14.6. The molecule has 2 aromatic rings. The molecule has 0 aliphatic heterocycles. The third kappa shape index (κ3) is 5.48. The Kier molecular flexibility index (Phi) is 6.89. The van der Waals surface area contributed by atoms with Crippen molar-refractivity contribution in [2.75, 3.05) is 5.32 Å². The Morgan fingerprint density at radius 2 is 1.57 bits per heavy atom. The van der Waals surface area contributed by atoms with Gasteiger partial charge in [0.1, 0.15) is 11.3 Å². The number of phenols is 1. The molecule has 0 atom stereocenters. The number of carboxylic acid groups (broad SMARTS) is 1. The number of carbonyl (C=O) groups is 2. The first-order chi connectivity index (χ1) is 10.5. The number of azo groups is 1. The summed E-state index contributed by atoms with van der Waals surface area (Å²) in [6.45, 7) is 1.42. The van der Waals surface area contributed by atoms with Crippen LogP contribution in [0.1, 0.15) is 17.3 Å². The van der Waals surface area contributed by atoms with E-state index in [0.717, 1.165) is 0 Å². The Balaban J connectivity index is 0.00000264. The molecule has 23 heavy (non-hydrogen) atoms. The van der Waals surface area contributed by atoms with Crippen LogP contribution in [-0.2, 0) is 4.79 Å². The summed E-state index contributed by atoms with van der Waals surface area (Å²) in [5.74, 6) is -1.74. The number of hydrogen-bond donors (Lipinski definition) is 3. The molecular formula is C15H13N3NaO4+. The molecule has 0 radical (unpaired) electrons. The molecule has 3 N–H and O–H groups in total. The first kappa shape index (κ1) is 18.8. The molecule has 0 aliphatic rings. The minimum atomic E-state index is -1.24. The maximum atomic E-state index is 10.9. The van der Waals surface area contributed by atoms with Crippen molar-refractivity contribution in [2.24, 2.45) is 10.2 Å². The predicted octanol–water partition coefficient (Wildman–Crippen LogP) is 0.468. The van der Waals surface area contributed by atoms with E-state index in [1.165, 1.54) is 25.1 Å². The minimum Gasteiger partial charge on any atom is -0.507 e. The van der Waals surface area contributed by atoms with E-state index in [-0.39, 0.29) is 46.8 Å². The van der Waals surface area contributed by atoms with Gasteiger partial charge in [-0.05, 0) is 42.5 Å². The monoisotopic (exact) mass is 322 g/mol. The number of aromatic carboxylic acids is 1. The molecule has 112 valence electrons. The van der Waals surface area contributed by atoms with Gasteiger partial charge in [0.05, 0.1) is 11.4 Å². The van der Waals surface area contributed by atoms with Crippen molar-refractivity contribution < 1.29 is 49.4 Å². The number of nitrogens with zero attached hydrogens (tertiary/aromatic N) is 2. The second-order valence-corrected chi connectivity index (χ2v) is 4.43. The van der Waals surface area contributed by atoms with E-state index in [1.54, 1.807) is 24.3 Å². The Morgan fingerprint density at radius 3 is 2.13 bits per heavy atom. The Bertz CT molecular complexity index is 745. The van der Waals surface area contributed by atoms with Gasteiger partial charge >= 0.3 is 35.5 Å². The van der Waals surface area contributed by atoms with E-state index in [0.29, 0.717) is 17.1 Å². The van der Waals surface area contributed by atoms with Gasteiger partial charge in [-0.3, -0.25) is 4.79 Å². The van der Waals surface area contributed by atoms with Crippen LogP contribution in [0.2, 0.25) is 0 Å². The zero-order valence-electron chi connectivity index (χ0n) is 12.6. The topological polar surface area (TPSA) is 111 Å². The fraction of sp³-hybridized carbons (Fsp3) is 0.0667. The molecule has 0 aliphatic carbocycles. The summed E-state index contributed by atoms with van der Waals surface area (Å²) in [4.78, 5) is 21.8. The maximum absolute atomic E-state index is 10.9. The standard InChI is InChI=1S/C15H13N3O4.Na/c1-9(19)16-10-2-4-11(5-3-10)17-18-12-6-7-14(20)13(8-12)15(21)22;/h2-8,20H,1H3,(H,16,19)(H,21,22);/q;+1. The van der Waals surface area contributed by atoms with Gasteiger partial charge in [0.2, 0.25) is 5.91 Å². The van der Waals surface area contributed by atoms with Crippen molar-refractivity contribution in [1.82, 2.24) is 0 Å². The van der Waals surface area contributed by atoms with Crippen LogP contribution in [0.15, 0.2) is 52.7 Å². The molecule has 7 nitrogen and oxygen atoms in total. The summed E-state index contributed by atoms with van der Waals surface area (Å²) in [5, 5.41) is 28.8. The Hall–Kier alpha value is -2.22. The summed E-state index contributed by atoms with van der Waals surface area (Å²) < 4.78 is 0. The molecule has 8 heteroatoms. The molecule has 0 saturated heterocycles. The van der Waals surface area contributed by atoms with Gasteiger partial charge in [0.15, 0.2) is 0 Å². The van der Waals surface area contributed by atoms with Crippen LogP contribution in [0, 0.1) is 0 Å². The average molecular weight is 322 g/mol. The second kappa shape index (κ2) is 8.42. The molecule has 0 spiro atoms. The van der Waals surface area contributed by atoms with Crippen molar-refractivity contribution in [3.63, 3.8) is 0 Å². The summed E-state index contributed by atoms with van der Waals surface area (Å²) in [7, 11) is 0. The fourth-order valence-electron chi connectivity index (χ4n) is 1.69. The van der Waals surface area contributed by atoms with Crippen molar-refractivity contribution in [3.8, 4) is 5.75 Å². The number of hydrogen-bond acceptors (Lipinski definition) is 5. The second-order valence-electron chi connectivity index (χ2n) is 4.43. The molecule has 1 amide bonds. The number of nitrogens with one attached hydrogen (secondary N) is 1. The third-order valence-corrected chi connectivity index (χ3v) is 2.68. The van der Waals surface area contributed by atoms with Gasteiger partial charge in [-0.2, -0.15) is 10.2 Å².